The lowest BCUT2D eigenvalue weighted by molar-refractivity contribution is 0.0929. The molecule has 2 aromatic rings. The molecule has 0 aromatic carbocycles. The second-order valence-corrected chi connectivity index (χ2v) is 6.93. The molecule has 0 radical (unpaired) electrons. The van der Waals surface area contributed by atoms with Crippen LogP contribution in [0.1, 0.15) is 46.8 Å². The predicted molar refractivity (Wildman–Crippen MR) is 101 cm³/mol. The Balaban J connectivity index is 0.00000144. The maximum absolute atomic E-state index is 12.5. The highest BCUT2D eigenvalue weighted by atomic mass is 35.5. The number of hydrogen-bond donors (Lipinski definition) is 2. The minimum absolute atomic E-state index is 0. The number of nitrogens with two attached hydrogens (primary N) is 1. The van der Waals surface area contributed by atoms with E-state index in [4.69, 9.17) is 10.2 Å². The Morgan fingerprint density at radius 2 is 1.92 bits per heavy atom. The Labute approximate surface area is 158 Å². The van der Waals surface area contributed by atoms with Crippen molar-refractivity contribution in [2.24, 2.45) is 5.73 Å². The van der Waals surface area contributed by atoms with Crippen LogP contribution in [-0.2, 0) is 0 Å². The van der Waals surface area contributed by atoms with E-state index in [9.17, 15) is 4.79 Å². The van der Waals surface area contributed by atoms with Crippen molar-refractivity contribution in [3.05, 3.63) is 28.5 Å². The highest BCUT2D eigenvalue weighted by molar-refractivity contribution is 7.17. The third kappa shape index (κ3) is 4.72. The number of halogens is 2. The van der Waals surface area contributed by atoms with Crippen molar-refractivity contribution in [3.63, 3.8) is 0 Å². The Morgan fingerprint density at radius 3 is 2.50 bits per heavy atom. The van der Waals surface area contributed by atoms with E-state index < -0.39 is 0 Å². The van der Waals surface area contributed by atoms with Gasteiger partial charge in [-0.25, -0.2) is 4.98 Å². The fourth-order valence-electron chi connectivity index (χ4n) is 2.78. The molecule has 1 saturated carbocycles. The average molecular weight is 392 g/mol. The molecule has 0 unspecified atom stereocenters. The zero-order chi connectivity index (χ0) is 15.7. The molecule has 134 valence electrons. The van der Waals surface area contributed by atoms with Gasteiger partial charge in [-0.2, -0.15) is 0 Å². The normalized spacial score (nSPS) is 20.0. The summed E-state index contributed by atoms with van der Waals surface area (Å²) in [7, 11) is 0. The van der Waals surface area contributed by atoms with E-state index >= 15 is 0 Å². The third-order valence-electron chi connectivity index (χ3n) is 4.06. The molecule has 1 aliphatic carbocycles. The summed E-state index contributed by atoms with van der Waals surface area (Å²) in [5.74, 6) is 1.52. The summed E-state index contributed by atoms with van der Waals surface area (Å²) >= 11 is 1.38. The molecule has 2 aromatic heterocycles. The van der Waals surface area contributed by atoms with Gasteiger partial charge in [0, 0.05) is 12.1 Å². The number of carbonyl (C=O) groups excluding carboxylic acids is 1. The van der Waals surface area contributed by atoms with Gasteiger partial charge in [-0.3, -0.25) is 4.79 Å². The molecule has 1 amide bonds. The second kappa shape index (κ2) is 8.85. The number of carbonyl (C=O) groups is 1. The number of aromatic nitrogens is 1. The molecule has 0 spiro atoms. The largest absolute Gasteiger partial charge is 0.459 e. The molecule has 3 rings (SSSR count). The van der Waals surface area contributed by atoms with E-state index in [0.29, 0.717) is 10.6 Å². The fraction of sp³-hybridized carbons (Fsp3) is 0.500. The van der Waals surface area contributed by atoms with Crippen LogP contribution in [0.4, 0.5) is 0 Å². The lowest BCUT2D eigenvalue weighted by Gasteiger charge is -2.26. The van der Waals surface area contributed by atoms with Gasteiger partial charge in [-0.05, 0) is 51.7 Å². The standard InChI is InChI=1S/C16H21N3O2S.2ClH/c1-9-3-8-13(21-9)16-18-10(2)14(22-16)15(20)19-12-6-4-11(17)5-7-12;;/h3,8,11-12H,4-7,17H2,1-2H3,(H,19,20);2*1H. The minimum Gasteiger partial charge on any atom is -0.459 e. The number of nitrogens with one attached hydrogen (secondary N) is 1. The Hall–Kier alpha value is -1.08. The van der Waals surface area contributed by atoms with E-state index in [0.717, 1.165) is 42.1 Å². The van der Waals surface area contributed by atoms with E-state index in [1.807, 2.05) is 26.0 Å². The maximum atomic E-state index is 12.5. The van der Waals surface area contributed by atoms with Crippen molar-refractivity contribution in [2.75, 3.05) is 0 Å². The summed E-state index contributed by atoms with van der Waals surface area (Å²) < 4.78 is 5.58. The maximum Gasteiger partial charge on any atom is 0.263 e. The van der Waals surface area contributed by atoms with Crippen LogP contribution >= 0.6 is 36.2 Å². The number of hydrogen-bond acceptors (Lipinski definition) is 5. The minimum atomic E-state index is -0.0370. The zero-order valence-corrected chi connectivity index (χ0v) is 16.2. The summed E-state index contributed by atoms with van der Waals surface area (Å²) in [6, 6.07) is 4.30. The molecule has 0 aliphatic heterocycles. The first-order valence-electron chi connectivity index (χ1n) is 7.63. The monoisotopic (exact) mass is 391 g/mol. The Morgan fingerprint density at radius 1 is 1.25 bits per heavy atom. The molecular weight excluding hydrogens is 369 g/mol. The van der Waals surface area contributed by atoms with Gasteiger partial charge in [0.05, 0.1) is 5.69 Å². The summed E-state index contributed by atoms with van der Waals surface area (Å²) in [5, 5.41) is 3.86. The van der Waals surface area contributed by atoms with Crippen molar-refractivity contribution >= 4 is 42.1 Å². The number of furan rings is 1. The van der Waals surface area contributed by atoms with Gasteiger partial charge in [0.1, 0.15) is 10.6 Å². The summed E-state index contributed by atoms with van der Waals surface area (Å²) in [6.07, 6.45) is 3.86. The van der Waals surface area contributed by atoms with Crippen LogP contribution in [0.2, 0.25) is 0 Å². The average Bonchev–Trinajstić information content (AvgIpc) is 3.07. The first-order chi connectivity index (χ1) is 10.5. The molecule has 2 heterocycles. The van der Waals surface area contributed by atoms with Crippen LogP contribution in [0, 0.1) is 13.8 Å². The van der Waals surface area contributed by atoms with Crippen LogP contribution in [0.25, 0.3) is 10.8 Å². The smallest absolute Gasteiger partial charge is 0.263 e. The van der Waals surface area contributed by atoms with Crippen molar-refractivity contribution in [1.29, 1.82) is 0 Å². The Bertz CT molecular complexity index is 679. The van der Waals surface area contributed by atoms with E-state index in [1.54, 1.807) is 0 Å². The molecule has 1 fully saturated rings. The van der Waals surface area contributed by atoms with Crippen LogP contribution in [0.3, 0.4) is 0 Å². The van der Waals surface area contributed by atoms with Crippen molar-refractivity contribution in [2.45, 2.75) is 51.6 Å². The molecule has 0 bridgehead atoms. The van der Waals surface area contributed by atoms with Gasteiger partial charge < -0.3 is 15.5 Å². The first-order valence-corrected chi connectivity index (χ1v) is 8.45. The van der Waals surface area contributed by atoms with Gasteiger partial charge in [0.2, 0.25) is 0 Å². The second-order valence-electron chi connectivity index (χ2n) is 5.93. The number of nitrogens with zero attached hydrogens (tertiary/aromatic N) is 1. The van der Waals surface area contributed by atoms with Crippen molar-refractivity contribution in [3.8, 4) is 10.8 Å². The third-order valence-corrected chi connectivity index (χ3v) is 5.23. The van der Waals surface area contributed by atoms with E-state index in [1.165, 1.54) is 11.3 Å². The molecule has 0 saturated heterocycles. The van der Waals surface area contributed by atoms with Crippen molar-refractivity contribution < 1.29 is 9.21 Å². The predicted octanol–water partition coefficient (Wildman–Crippen LogP) is 3.86. The molecule has 24 heavy (non-hydrogen) atoms. The van der Waals surface area contributed by atoms with Gasteiger partial charge in [-0.1, -0.05) is 0 Å². The number of amides is 1. The van der Waals surface area contributed by atoms with E-state index in [-0.39, 0.29) is 42.8 Å². The molecule has 8 heteroatoms. The molecular formula is C16H23Cl2N3O2S. The highest BCUT2D eigenvalue weighted by Crippen LogP contribution is 2.29. The zero-order valence-electron chi connectivity index (χ0n) is 13.7. The van der Waals surface area contributed by atoms with Crippen LogP contribution in [-0.4, -0.2) is 23.0 Å². The number of aryl methyl sites for hydroxylation is 2. The summed E-state index contributed by atoms with van der Waals surface area (Å²) in [5.41, 5.74) is 6.65. The fourth-order valence-corrected chi connectivity index (χ4v) is 3.71. The van der Waals surface area contributed by atoms with Gasteiger partial charge in [-0.15, -0.1) is 36.2 Å². The lowest BCUT2D eigenvalue weighted by atomic mass is 9.92. The van der Waals surface area contributed by atoms with Crippen LogP contribution < -0.4 is 11.1 Å². The SMILES string of the molecule is Cc1ccc(-c2nc(C)c(C(=O)NC3CCC(N)CC3)s2)o1.Cl.Cl. The first kappa shape index (κ1) is 21.0. The molecule has 0 atom stereocenters. The topological polar surface area (TPSA) is 81.2 Å². The lowest BCUT2D eigenvalue weighted by Crippen LogP contribution is -2.40. The quantitative estimate of drug-likeness (QED) is 0.831. The molecule has 1 aliphatic rings. The number of rotatable bonds is 3. The Kier molecular flexibility index (Phi) is 7.73. The number of thiazole rings is 1. The van der Waals surface area contributed by atoms with Gasteiger partial charge in [0.25, 0.3) is 5.91 Å². The van der Waals surface area contributed by atoms with Crippen LogP contribution in [0.15, 0.2) is 16.5 Å². The van der Waals surface area contributed by atoms with Crippen molar-refractivity contribution in [1.82, 2.24) is 10.3 Å². The van der Waals surface area contributed by atoms with Crippen LogP contribution in [0.5, 0.6) is 0 Å². The molecule has 3 N–H and O–H groups in total. The van der Waals surface area contributed by atoms with E-state index in [2.05, 4.69) is 10.3 Å². The van der Waals surface area contributed by atoms with Gasteiger partial charge in [0.15, 0.2) is 10.8 Å². The summed E-state index contributed by atoms with van der Waals surface area (Å²) in [6.45, 7) is 3.76. The van der Waals surface area contributed by atoms with Gasteiger partial charge >= 0.3 is 0 Å². The highest BCUT2D eigenvalue weighted by Gasteiger charge is 2.23. The molecule has 5 nitrogen and oxygen atoms in total. The summed E-state index contributed by atoms with van der Waals surface area (Å²) in [4.78, 5) is 17.6.